The van der Waals surface area contributed by atoms with Gasteiger partial charge in [-0.2, -0.15) is 15.1 Å². The predicted molar refractivity (Wildman–Crippen MR) is 92.9 cm³/mol. The number of benzene rings is 1. The average molecular weight is 328 g/mol. The molecule has 0 fully saturated rings. The molecule has 3 aromatic rings. The number of ether oxygens (including phenoxy) is 2. The lowest BCUT2D eigenvalue weighted by Gasteiger charge is -2.14. The summed E-state index contributed by atoms with van der Waals surface area (Å²) < 4.78 is 10.3. The molecule has 0 saturated heterocycles. The Balaban J connectivity index is 1.88. The van der Waals surface area contributed by atoms with E-state index in [-0.39, 0.29) is 6.04 Å². The number of anilines is 3. The van der Waals surface area contributed by atoms with E-state index in [0.29, 0.717) is 24.0 Å². The summed E-state index contributed by atoms with van der Waals surface area (Å²) in [5, 5.41) is 14.2. The van der Waals surface area contributed by atoms with Crippen molar-refractivity contribution < 1.29 is 9.47 Å². The quantitative estimate of drug-likeness (QED) is 0.613. The molecule has 0 saturated carbocycles. The van der Waals surface area contributed by atoms with Gasteiger partial charge < -0.3 is 20.1 Å². The van der Waals surface area contributed by atoms with Crippen LogP contribution in [0.15, 0.2) is 30.5 Å². The minimum atomic E-state index is 0.0872. The summed E-state index contributed by atoms with van der Waals surface area (Å²) in [5.41, 5.74) is 1.56. The van der Waals surface area contributed by atoms with Gasteiger partial charge in [-0.15, -0.1) is 0 Å². The number of aromatic nitrogens is 4. The third-order valence-corrected chi connectivity index (χ3v) is 3.45. The van der Waals surface area contributed by atoms with Crippen LogP contribution in [0.25, 0.3) is 11.0 Å². The Bertz CT molecular complexity index is 802. The van der Waals surface area contributed by atoms with Crippen molar-refractivity contribution in [3.63, 3.8) is 0 Å². The van der Waals surface area contributed by atoms with Crippen LogP contribution in [0.5, 0.6) is 5.75 Å². The molecule has 1 aromatic carbocycles. The molecule has 0 unspecified atom stereocenters. The lowest BCUT2D eigenvalue weighted by Crippen LogP contribution is -2.22. The maximum absolute atomic E-state index is 5.17. The first-order valence-electron chi connectivity index (χ1n) is 7.57. The van der Waals surface area contributed by atoms with Crippen molar-refractivity contribution in [2.75, 3.05) is 31.5 Å². The lowest BCUT2D eigenvalue weighted by molar-refractivity contribution is 0.190. The largest absolute Gasteiger partial charge is 0.497 e. The smallest absolute Gasteiger partial charge is 0.227 e. The van der Waals surface area contributed by atoms with E-state index >= 15 is 0 Å². The molecule has 3 rings (SSSR count). The second kappa shape index (κ2) is 7.14. The molecule has 0 spiro atoms. The van der Waals surface area contributed by atoms with Crippen LogP contribution in [0.1, 0.15) is 6.92 Å². The molecular weight excluding hydrogens is 308 g/mol. The highest BCUT2D eigenvalue weighted by Gasteiger charge is 2.11. The molecule has 2 heterocycles. The maximum atomic E-state index is 5.17. The molecule has 0 aliphatic carbocycles. The number of hydrogen-bond donors (Lipinski definition) is 3. The van der Waals surface area contributed by atoms with Crippen LogP contribution >= 0.6 is 0 Å². The van der Waals surface area contributed by atoms with E-state index in [1.165, 1.54) is 0 Å². The Morgan fingerprint density at radius 2 is 1.96 bits per heavy atom. The van der Waals surface area contributed by atoms with Crippen LogP contribution in [0.3, 0.4) is 0 Å². The zero-order valence-electron chi connectivity index (χ0n) is 13.8. The van der Waals surface area contributed by atoms with Crippen LogP contribution in [0.2, 0.25) is 0 Å². The van der Waals surface area contributed by atoms with Crippen molar-refractivity contribution in [2.24, 2.45) is 0 Å². The summed E-state index contributed by atoms with van der Waals surface area (Å²) in [4.78, 5) is 8.98. The molecule has 8 nitrogen and oxygen atoms in total. The van der Waals surface area contributed by atoms with Gasteiger partial charge in [0.1, 0.15) is 11.6 Å². The summed E-state index contributed by atoms with van der Waals surface area (Å²) in [7, 11) is 3.30. The van der Waals surface area contributed by atoms with Gasteiger partial charge in [0.2, 0.25) is 5.95 Å². The number of aromatic amines is 1. The van der Waals surface area contributed by atoms with E-state index in [4.69, 9.17) is 9.47 Å². The first-order chi connectivity index (χ1) is 11.7. The number of nitrogens with one attached hydrogen (secondary N) is 3. The van der Waals surface area contributed by atoms with Gasteiger partial charge in [-0.1, -0.05) is 0 Å². The highest BCUT2D eigenvalue weighted by molar-refractivity contribution is 5.89. The molecule has 0 amide bonds. The number of rotatable bonds is 7. The van der Waals surface area contributed by atoms with Crippen LogP contribution in [0.4, 0.5) is 17.5 Å². The Kier molecular flexibility index (Phi) is 4.76. The van der Waals surface area contributed by atoms with E-state index in [2.05, 4.69) is 30.8 Å². The first kappa shape index (κ1) is 16.0. The summed E-state index contributed by atoms with van der Waals surface area (Å²) >= 11 is 0. The standard InChI is InChI=1S/C16H20N6O2/c1-10(9-23-2)18-16-20-14(13-8-17-22-15(13)21-16)19-11-4-6-12(24-3)7-5-11/h4-8,10H,9H2,1-3H3,(H3,17,18,19,20,21,22)/t10-/m0/s1. The topological polar surface area (TPSA) is 97.0 Å². The summed E-state index contributed by atoms with van der Waals surface area (Å²) in [6.07, 6.45) is 1.70. The summed E-state index contributed by atoms with van der Waals surface area (Å²) in [6, 6.07) is 7.71. The van der Waals surface area contributed by atoms with Gasteiger partial charge in [0.05, 0.1) is 25.3 Å². The van der Waals surface area contributed by atoms with Crippen molar-refractivity contribution in [3.8, 4) is 5.75 Å². The van der Waals surface area contributed by atoms with Gasteiger partial charge in [-0.3, -0.25) is 5.10 Å². The van der Waals surface area contributed by atoms with E-state index < -0.39 is 0 Å². The molecule has 1 atom stereocenters. The Morgan fingerprint density at radius 3 is 2.67 bits per heavy atom. The van der Waals surface area contributed by atoms with Crippen LogP contribution in [0, 0.1) is 0 Å². The van der Waals surface area contributed by atoms with Gasteiger partial charge in [0.15, 0.2) is 5.65 Å². The highest BCUT2D eigenvalue weighted by atomic mass is 16.5. The number of nitrogens with zero attached hydrogens (tertiary/aromatic N) is 3. The fraction of sp³-hybridized carbons (Fsp3) is 0.312. The number of hydrogen-bond acceptors (Lipinski definition) is 7. The van der Waals surface area contributed by atoms with Gasteiger partial charge >= 0.3 is 0 Å². The number of methoxy groups -OCH3 is 2. The second-order valence-corrected chi connectivity index (χ2v) is 5.38. The van der Waals surface area contributed by atoms with E-state index in [1.54, 1.807) is 20.4 Å². The molecule has 0 bridgehead atoms. The molecular formula is C16H20N6O2. The first-order valence-corrected chi connectivity index (χ1v) is 7.57. The normalized spacial score (nSPS) is 12.1. The van der Waals surface area contributed by atoms with Crippen LogP contribution in [-0.4, -0.2) is 47.0 Å². The Labute approximate surface area is 139 Å². The predicted octanol–water partition coefficient (Wildman–Crippen LogP) is 2.55. The minimum Gasteiger partial charge on any atom is -0.497 e. The minimum absolute atomic E-state index is 0.0872. The van der Waals surface area contributed by atoms with Gasteiger partial charge in [-0.05, 0) is 31.2 Å². The zero-order valence-corrected chi connectivity index (χ0v) is 13.8. The van der Waals surface area contributed by atoms with E-state index in [0.717, 1.165) is 16.8 Å². The Hall–Kier alpha value is -2.87. The summed E-state index contributed by atoms with van der Waals surface area (Å²) in [5.74, 6) is 1.98. The molecule has 0 aliphatic heterocycles. The maximum Gasteiger partial charge on any atom is 0.227 e. The van der Waals surface area contributed by atoms with Gasteiger partial charge in [0.25, 0.3) is 0 Å². The Morgan fingerprint density at radius 1 is 1.17 bits per heavy atom. The zero-order chi connectivity index (χ0) is 16.9. The van der Waals surface area contributed by atoms with E-state index in [1.807, 2.05) is 31.2 Å². The number of fused-ring (bicyclic) bond motifs is 1. The van der Waals surface area contributed by atoms with Gasteiger partial charge in [-0.25, -0.2) is 0 Å². The monoisotopic (exact) mass is 328 g/mol. The van der Waals surface area contributed by atoms with Crippen LogP contribution in [-0.2, 0) is 4.74 Å². The third-order valence-electron chi connectivity index (χ3n) is 3.45. The fourth-order valence-electron chi connectivity index (χ4n) is 2.32. The van der Waals surface area contributed by atoms with Gasteiger partial charge in [0, 0.05) is 18.8 Å². The van der Waals surface area contributed by atoms with Crippen molar-refractivity contribution >= 4 is 28.5 Å². The van der Waals surface area contributed by atoms with Crippen LogP contribution < -0.4 is 15.4 Å². The molecule has 126 valence electrons. The highest BCUT2D eigenvalue weighted by Crippen LogP contribution is 2.25. The third kappa shape index (κ3) is 3.54. The molecule has 0 radical (unpaired) electrons. The molecule has 0 aliphatic rings. The van der Waals surface area contributed by atoms with Crippen molar-refractivity contribution in [1.29, 1.82) is 0 Å². The lowest BCUT2D eigenvalue weighted by atomic mass is 10.3. The fourth-order valence-corrected chi connectivity index (χ4v) is 2.32. The molecule has 24 heavy (non-hydrogen) atoms. The summed E-state index contributed by atoms with van der Waals surface area (Å²) in [6.45, 7) is 2.56. The molecule has 2 aromatic heterocycles. The van der Waals surface area contributed by atoms with Crippen molar-refractivity contribution in [3.05, 3.63) is 30.5 Å². The molecule has 3 N–H and O–H groups in total. The SMILES string of the molecule is COC[C@H](C)Nc1nc(Nc2ccc(OC)cc2)c2cn[nH]c2n1. The second-order valence-electron chi connectivity index (χ2n) is 5.38. The average Bonchev–Trinajstić information content (AvgIpc) is 3.04. The number of H-pyrrole nitrogens is 1. The molecule has 8 heteroatoms. The van der Waals surface area contributed by atoms with Crippen molar-refractivity contribution in [2.45, 2.75) is 13.0 Å². The van der Waals surface area contributed by atoms with Crippen molar-refractivity contribution in [1.82, 2.24) is 20.2 Å². The van der Waals surface area contributed by atoms with E-state index in [9.17, 15) is 0 Å².